The lowest BCUT2D eigenvalue weighted by atomic mass is 10.2. The molecule has 0 radical (unpaired) electrons. The molecule has 3 aromatic rings. The third-order valence-corrected chi connectivity index (χ3v) is 6.19. The van der Waals surface area contributed by atoms with Gasteiger partial charge in [0.1, 0.15) is 22.6 Å². The van der Waals surface area contributed by atoms with Crippen molar-refractivity contribution in [1.29, 1.82) is 0 Å². The summed E-state index contributed by atoms with van der Waals surface area (Å²) in [6.07, 6.45) is 2.13. The van der Waals surface area contributed by atoms with Crippen LogP contribution in [0.5, 0.6) is 5.75 Å². The molecule has 0 unspecified atom stereocenters. The number of aromatic nitrogens is 1. The van der Waals surface area contributed by atoms with Crippen LogP contribution in [-0.2, 0) is 7.05 Å². The fourth-order valence-corrected chi connectivity index (χ4v) is 4.73. The molecule has 7 heteroatoms. The molecule has 0 aliphatic carbocycles. The van der Waals surface area contributed by atoms with Crippen molar-refractivity contribution in [3.63, 3.8) is 0 Å². The van der Waals surface area contributed by atoms with Crippen LogP contribution < -0.4 is 19.1 Å². The largest absolute Gasteiger partial charge is 0.497 e. The Morgan fingerprint density at radius 1 is 0.871 bits per heavy atom. The number of thiazole rings is 1. The van der Waals surface area contributed by atoms with Gasteiger partial charge >= 0.3 is 5.13 Å². The van der Waals surface area contributed by atoms with Crippen molar-refractivity contribution in [3.8, 4) is 5.75 Å². The van der Waals surface area contributed by atoms with Gasteiger partial charge in [0.25, 0.3) is 0 Å². The number of methoxy groups -OCH3 is 1. The molecule has 3 rings (SSSR count). The number of nitrogens with zero attached hydrogens (tertiary/aromatic N) is 5. The van der Waals surface area contributed by atoms with Gasteiger partial charge in [-0.1, -0.05) is 0 Å². The van der Waals surface area contributed by atoms with Gasteiger partial charge in [-0.3, -0.25) is 0 Å². The number of hydrogen-bond acceptors (Lipinski definition) is 6. The molecule has 31 heavy (non-hydrogen) atoms. The minimum atomic E-state index is 0.429. The number of azo groups is 1. The monoisotopic (exact) mass is 438 g/mol. The minimum Gasteiger partial charge on any atom is -0.497 e. The van der Waals surface area contributed by atoms with Gasteiger partial charge in [-0.15, -0.1) is 0 Å². The second-order valence-corrected chi connectivity index (χ2v) is 9.02. The summed E-state index contributed by atoms with van der Waals surface area (Å²) >= 11 is 1.66. The van der Waals surface area contributed by atoms with E-state index in [1.165, 1.54) is 5.00 Å². The van der Waals surface area contributed by atoms with Gasteiger partial charge in [0, 0.05) is 30.5 Å². The van der Waals surface area contributed by atoms with Gasteiger partial charge in [-0.2, -0.15) is 0 Å². The smallest absolute Gasteiger partial charge is 0.410 e. The number of hydrogen-bond donors (Lipinski definition) is 0. The lowest BCUT2D eigenvalue weighted by Crippen LogP contribution is -2.37. The zero-order valence-electron chi connectivity index (χ0n) is 19.4. The Bertz CT molecular complexity index is 1000. The van der Waals surface area contributed by atoms with E-state index in [-0.39, 0.29) is 0 Å². The van der Waals surface area contributed by atoms with E-state index in [0.29, 0.717) is 12.1 Å². The van der Waals surface area contributed by atoms with Crippen molar-refractivity contribution in [2.75, 3.05) is 24.0 Å². The lowest BCUT2D eigenvalue weighted by molar-refractivity contribution is -0.653. The summed E-state index contributed by atoms with van der Waals surface area (Å²) in [7, 11) is 5.73. The predicted molar refractivity (Wildman–Crippen MR) is 130 cm³/mol. The molecule has 0 saturated heterocycles. The summed E-state index contributed by atoms with van der Waals surface area (Å²) in [6, 6.07) is 16.9. The highest BCUT2D eigenvalue weighted by Gasteiger charge is 2.22. The van der Waals surface area contributed by atoms with E-state index in [4.69, 9.17) is 4.74 Å². The molecule has 0 aliphatic rings. The second kappa shape index (κ2) is 9.92. The number of aryl methyl sites for hydroxylation is 1. The zero-order chi connectivity index (χ0) is 22.5. The normalized spacial score (nSPS) is 11.5. The summed E-state index contributed by atoms with van der Waals surface area (Å²) < 4.78 is 7.27. The zero-order valence-corrected chi connectivity index (χ0v) is 20.2. The third-order valence-electron chi connectivity index (χ3n) is 5.12. The molecule has 0 fully saturated rings. The van der Waals surface area contributed by atoms with Crippen LogP contribution in [-0.4, -0.2) is 26.2 Å². The van der Waals surface area contributed by atoms with E-state index in [1.807, 2.05) is 55.1 Å². The second-order valence-electron chi connectivity index (χ2n) is 8.03. The van der Waals surface area contributed by atoms with Crippen molar-refractivity contribution in [3.05, 3.63) is 54.7 Å². The Hall–Kier alpha value is -2.93. The summed E-state index contributed by atoms with van der Waals surface area (Å²) in [5, 5.41) is 11.0. The Morgan fingerprint density at radius 2 is 1.42 bits per heavy atom. The Labute approximate surface area is 189 Å². The van der Waals surface area contributed by atoms with Crippen LogP contribution in [0, 0.1) is 0 Å². The average Bonchev–Trinajstić information content (AvgIpc) is 3.11. The molecule has 164 valence electrons. The third kappa shape index (κ3) is 5.41. The average molecular weight is 439 g/mol. The van der Waals surface area contributed by atoms with Crippen molar-refractivity contribution < 1.29 is 9.30 Å². The summed E-state index contributed by atoms with van der Waals surface area (Å²) in [4.78, 5) is 4.52. The molecule has 0 spiro atoms. The topological polar surface area (TPSA) is 44.3 Å². The first-order chi connectivity index (χ1) is 14.8. The van der Waals surface area contributed by atoms with E-state index < -0.39 is 0 Å². The Balaban J connectivity index is 1.73. The molecule has 0 amide bonds. The van der Waals surface area contributed by atoms with E-state index in [0.717, 1.165) is 27.9 Å². The Kier molecular flexibility index (Phi) is 7.28. The van der Waals surface area contributed by atoms with Crippen LogP contribution >= 0.6 is 11.3 Å². The van der Waals surface area contributed by atoms with Gasteiger partial charge < -0.3 is 14.5 Å². The van der Waals surface area contributed by atoms with Crippen LogP contribution in [0.25, 0.3) is 0 Å². The fourth-order valence-electron chi connectivity index (χ4n) is 3.53. The van der Waals surface area contributed by atoms with E-state index in [9.17, 15) is 0 Å². The predicted octanol–water partition coefficient (Wildman–Crippen LogP) is 6.39. The van der Waals surface area contributed by atoms with Crippen LogP contribution in [0.4, 0.5) is 27.2 Å². The molecule has 2 aromatic carbocycles. The van der Waals surface area contributed by atoms with Gasteiger partial charge in [0.05, 0.1) is 19.3 Å². The highest BCUT2D eigenvalue weighted by atomic mass is 32.1. The fraction of sp³-hybridized carbons (Fsp3) is 0.375. The van der Waals surface area contributed by atoms with Crippen LogP contribution in [0.2, 0.25) is 0 Å². The molecule has 0 aliphatic heterocycles. The molecular weight excluding hydrogens is 406 g/mol. The molecule has 1 aromatic heterocycles. The van der Waals surface area contributed by atoms with E-state index >= 15 is 0 Å². The molecule has 0 bridgehead atoms. The molecule has 6 nitrogen and oxygen atoms in total. The van der Waals surface area contributed by atoms with Crippen LogP contribution in [0.3, 0.4) is 0 Å². The van der Waals surface area contributed by atoms with E-state index in [1.54, 1.807) is 18.4 Å². The maximum absolute atomic E-state index is 5.23. The van der Waals surface area contributed by atoms with Gasteiger partial charge in [-0.25, -0.2) is 4.57 Å². The maximum Gasteiger partial charge on any atom is 0.410 e. The van der Waals surface area contributed by atoms with E-state index in [2.05, 4.69) is 66.1 Å². The van der Waals surface area contributed by atoms with Crippen molar-refractivity contribution >= 4 is 38.5 Å². The lowest BCUT2D eigenvalue weighted by Gasteiger charge is -2.30. The van der Waals surface area contributed by atoms with Crippen LogP contribution in [0.1, 0.15) is 27.7 Å². The number of benzene rings is 2. The number of anilines is 3. The minimum absolute atomic E-state index is 0.429. The maximum atomic E-state index is 5.23. The quantitative estimate of drug-likeness (QED) is 0.302. The number of ether oxygens (including phenoxy) is 1. The first kappa shape index (κ1) is 22.7. The summed E-state index contributed by atoms with van der Waals surface area (Å²) in [5.41, 5.74) is 3.00. The SMILES string of the molecule is COc1ccc(N(C)c2ccc(N=Nc3sc(N(C(C)C)C(C)C)c[n+]3C)cc2)cc1. The standard InChI is InChI=1S/C24H32N5OS/c1-17(2)29(18(3)4)23-16-27(5)24(31-23)26-25-19-8-10-20(11-9-19)28(6)21-12-14-22(30-7)15-13-21/h8-18H,1-7H3/q+1. The van der Waals surface area contributed by atoms with Gasteiger partial charge in [0.15, 0.2) is 0 Å². The highest BCUT2D eigenvalue weighted by molar-refractivity contribution is 7.18. The summed E-state index contributed by atoms with van der Waals surface area (Å²) in [6.45, 7) is 8.85. The molecule has 1 heterocycles. The van der Waals surface area contributed by atoms with Gasteiger partial charge in [0.2, 0.25) is 0 Å². The van der Waals surface area contributed by atoms with Crippen molar-refractivity contribution in [2.45, 2.75) is 39.8 Å². The Morgan fingerprint density at radius 3 is 1.94 bits per heavy atom. The number of rotatable bonds is 8. The highest BCUT2D eigenvalue weighted by Crippen LogP contribution is 2.32. The molecule has 0 atom stereocenters. The van der Waals surface area contributed by atoms with Crippen molar-refractivity contribution in [2.24, 2.45) is 17.3 Å². The molecule has 0 saturated carbocycles. The summed E-state index contributed by atoms with van der Waals surface area (Å²) in [5.74, 6) is 0.850. The van der Waals surface area contributed by atoms with Gasteiger partial charge in [-0.05, 0) is 92.7 Å². The van der Waals surface area contributed by atoms with Crippen LogP contribution in [0.15, 0.2) is 65.0 Å². The first-order valence-corrected chi connectivity index (χ1v) is 11.3. The molecule has 0 N–H and O–H groups in total. The molecular formula is C24H32N5OS+. The first-order valence-electron chi connectivity index (χ1n) is 10.5. The van der Waals surface area contributed by atoms with Crippen molar-refractivity contribution in [1.82, 2.24) is 0 Å².